The third-order valence-electron chi connectivity index (χ3n) is 7.73. The molecule has 34 heavy (non-hydrogen) atoms. The maximum Gasteiger partial charge on any atom is 0.308 e. The molecule has 8 heteroatoms. The number of hydrogen-bond acceptors (Lipinski definition) is 4. The third kappa shape index (κ3) is 3.65. The van der Waals surface area contributed by atoms with E-state index in [1.54, 1.807) is 4.57 Å². The summed E-state index contributed by atoms with van der Waals surface area (Å²) in [7, 11) is 0. The Kier molecular flexibility index (Phi) is 5.84. The van der Waals surface area contributed by atoms with Gasteiger partial charge in [-0.15, -0.1) is 11.8 Å². The fourth-order valence-corrected chi connectivity index (χ4v) is 9.81. The Balaban J connectivity index is 1.40. The molecular weight excluding hydrogens is 507 g/mol. The Morgan fingerprint density at radius 1 is 1.12 bits per heavy atom. The number of benzene rings is 2. The molecule has 5 atom stereocenters. The van der Waals surface area contributed by atoms with Gasteiger partial charge in [-0.3, -0.25) is 14.2 Å². The van der Waals surface area contributed by atoms with E-state index >= 15 is 0 Å². The highest BCUT2D eigenvalue weighted by atomic mass is 35.5. The summed E-state index contributed by atoms with van der Waals surface area (Å²) in [5.41, 5.74) is 2.77. The molecule has 1 aromatic heterocycles. The number of amides is 1. The highest BCUT2D eigenvalue weighted by Gasteiger charge is 2.55. The van der Waals surface area contributed by atoms with Crippen LogP contribution in [0.1, 0.15) is 41.2 Å². The molecule has 3 aromatic rings. The maximum atomic E-state index is 13.2. The number of fused-ring (bicyclic) bond motifs is 6. The summed E-state index contributed by atoms with van der Waals surface area (Å²) in [4.78, 5) is 27.1. The van der Waals surface area contributed by atoms with Crippen LogP contribution in [0.4, 0.5) is 5.69 Å². The fraction of sp³-hybridized carbons (Fsp3) is 0.385. The molecule has 6 rings (SSSR count). The van der Waals surface area contributed by atoms with Gasteiger partial charge >= 0.3 is 4.87 Å². The van der Waals surface area contributed by atoms with Gasteiger partial charge in [0.1, 0.15) is 6.54 Å². The van der Waals surface area contributed by atoms with Gasteiger partial charge in [0.2, 0.25) is 5.91 Å². The van der Waals surface area contributed by atoms with E-state index in [2.05, 4.69) is 11.4 Å². The highest BCUT2D eigenvalue weighted by molar-refractivity contribution is 8.00. The van der Waals surface area contributed by atoms with Crippen LogP contribution in [0.15, 0.2) is 52.3 Å². The number of carbonyl (C=O) groups excluding carboxylic acids is 1. The Labute approximate surface area is 216 Å². The topological polar surface area (TPSA) is 51.1 Å². The number of carbonyl (C=O) groups is 1. The van der Waals surface area contributed by atoms with Gasteiger partial charge in [-0.2, -0.15) is 0 Å². The Bertz CT molecular complexity index is 1350. The van der Waals surface area contributed by atoms with E-state index in [1.807, 2.05) is 55.1 Å². The summed E-state index contributed by atoms with van der Waals surface area (Å²) in [6.45, 7) is 1.96. The Hall–Kier alpha value is -1.73. The number of nitrogens with zero attached hydrogens (tertiary/aromatic N) is 1. The van der Waals surface area contributed by atoms with Crippen molar-refractivity contribution in [2.75, 3.05) is 5.32 Å². The normalized spacial score (nSPS) is 26.9. The first kappa shape index (κ1) is 22.7. The number of para-hydroxylation sites is 1. The van der Waals surface area contributed by atoms with Crippen LogP contribution in [0.5, 0.6) is 0 Å². The van der Waals surface area contributed by atoms with E-state index < -0.39 is 0 Å². The molecule has 2 aliphatic carbocycles. The lowest BCUT2D eigenvalue weighted by molar-refractivity contribution is -0.116. The van der Waals surface area contributed by atoms with Crippen molar-refractivity contribution in [3.63, 3.8) is 0 Å². The largest absolute Gasteiger partial charge is 0.324 e. The van der Waals surface area contributed by atoms with E-state index in [-0.39, 0.29) is 23.2 Å². The number of thiazole rings is 1. The molecule has 2 aromatic carbocycles. The van der Waals surface area contributed by atoms with Gasteiger partial charge in [0, 0.05) is 21.7 Å². The van der Waals surface area contributed by atoms with Gasteiger partial charge in [-0.1, -0.05) is 64.9 Å². The molecule has 2 heterocycles. The van der Waals surface area contributed by atoms with Gasteiger partial charge in [0.25, 0.3) is 0 Å². The molecule has 0 saturated heterocycles. The van der Waals surface area contributed by atoms with Crippen LogP contribution in [0, 0.1) is 24.7 Å². The zero-order valence-electron chi connectivity index (χ0n) is 18.6. The van der Waals surface area contributed by atoms with E-state index in [4.69, 9.17) is 23.2 Å². The molecule has 3 aliphatic rings. The smallest absolute Gasteiger partial charge is 0.308 e. The number of aromatic nitrogens is 1. The lowest BCUT2D eigenvalue weighted by atomic mass is 9.75. The van der Waals surface area contributed by atoms with Crippen molar-refractivity contribution in [2.45, 2.75) is 48.9 Å². The predicted octanol–water partition coefficient (Wildman–Crippen LogP) is 6.82. The minimum atomic E-state index is -0.190. The number of nitrogens with one attached hydrogen (secondary N) is 1. The second-order valence-electron chi connectivity index (χ2n) is 9.60. The van der Waals surface area contributed by atoms with Crippen LogP contribution in [0.2, 0.25) is 10.0 Å². The van der Waals surface area contributed by atoms with Crippen LogP contribution in [0.25, 0.3) is 0 Å². The van der Waals surface area contributed by atoms with Crippen LogP contribution < -0.4 is 10.2 Å². The number of thioether (sulfide) groups is 1. The molecule has 1 N–H and O–H groups in total. The quantitative estimate of drug-likeness (QED) is 0.402. The summed E-state index contributed by atoms with van der Waals surface area (Å²) < 4.78 is 1.67. The molecule has 1 aliphatic heterocycles. The van der Waals surface area contributed by atoms with E-state index in [1.165, 1.54) is 30.6 Å². The molecule has 0 spiro atoms. The van der Waals surface area contributed by atoms with Crippen molar-refractivity contribution < 1.29 is 4.79 Å². The number of anilines is 1. The van der Waals surface area contributed by atoms with Gasteiger partial charge < -0.3 is 5.32 Å². The summed E-state index contributed by atoms with van der Waals surface area (Å²) in [6, 6.07) is 13.5. The minimum Gasteiger partial charge on any atom is -0.324 e. The summed E-state index contributed by atoms with van der Waals surface area (Å²) in [5.74, 6) is 1.59. The molecule has 2 saturated carbocycles. The average molecular weight is 532 g/mol. The van der Waals surface area contributed by atoms with Gasteiger partial charge in [0.15, 0.2) is 0 Å². The van der Waals surface area contributed by atoms with E-state index in [9.17, 15) is 9.59 Å². The van der Waals surface area contributed by atoms with Crippen LogP contribution in [0.3, 0.4) is 0 Å². The second-order valence-corrected chi connectivity index (χ2v) is 12.5. The van der Waals surface area contributed by atoms with Crippen molar-refractivity contribution in [1.82, 2.24) is 4.57 Å². The van der Waals surface area contributed by atoms with Gasteiger partial charge in [-0.25, -0.2) is 0 Å². The van der Waals surface area contributed by atoms with Crippen molar-refractivity contribution >= 4 is 57.9 Å². The van der Waals surface area contributed by atoms with Crippen LogP contribution >= 0.6 is 46.3 Å². The van der Waals surface area contributed by atoms with Gasteiger partial charge in [0.05, 0.1) is 15.1 Å². The first-order chi connectivity index (χ1) is 16.4. The monoisotopic (exact) mass is 530 g/mol. The number of halogens is 2. The van der Waals surface area contributed by atoms with Crippen LogP contribution in [-0.4, -0.2) is 15.7 Å². The standard InChI is InChI=1S/C26H24Cl2N2O2S2/c1-13-5-2-3-8-18(13)29-19(31)12-30-25-24(34-26(30)32)21(16-6-4-7-17(27)22(16)28)20-14-9-10-15(11-14)23(20)33-25/h2-8,14-15,20-21,23H,9-12H2,1H3,(H,29,31). The Morgan fingerprint density at radius 2 is 1.91 bits per heavy atom. The predicted molar refractivity (Wildman–Crippen MR) is 141 cm³/mol. The Morgan fingerprint density at radius 3 is 2.74 bits per heavy atom. The zero-order chi connectivity index (χ0) is 23.6. The number of hydrogen-bond donors (Lipinski definition) is 1. The van der Waals surface area contributed by atoms with Crippen molar-refractivity contribution in [1.29, 1.82) is 0 Å². The van der Waals surface area contributed by atoms with Crippen molar-refractivity contribution in [3.05, 3.63) is 78.2 Å². The molecule has 5 unspecified atom stereocenters. The van der Waals surface area contributed by atoms with Crippen molar-refractivity contribution in [3.8, 4) is 0 Å². The van der Waals surface area contributed by atoms with Crippen LogP contribution in [-0.2, 0) is 11.3 Å². The molecular formula is C26H24Cl2N2O2S2. The molecule has 4 nitrogen and oxygen atoms in total. The first-order valence-corrected chi connectivity index (χ1v) is 14.1. The third-order valence-corrected chi connectivity index (χ3v) is 11.4. The molecule has 2 bridgehead atoms. The molecule has 0 radical (unpaired) electrons. The zero-order valence-corrected chi connectivity index (χ0v) is 21.7. The van der Waals surface area contributed by atoms with E-state index in [0.29, 0.717) is 33.0 Å². The minimum absolute atomic E-state index is 0.00742. The summed E-state index contributed by atoms with van der Waals surface area (Å²) in [5, 5.41) is 5.47. The van der Waals surface area contributed by atoms with Gasteiger partial charge in [-0.05, 0) is 67.2 Å². The second kappa shape index (κ2) is 8.74. The number of aryl methyl sites for hydroxylation is 1. The SMILES string of the molecule is Cc1ccccc1NC(=O)Cn1c2c(sc1=O)C(c1cccc(Cl)c1Cl)C1C3CCC(C3)C1S2. The highest BCUT2D eigenvalue weighted by Crippen LogP contribution is 2.64. The van der Waals surface area contributed by atoms with E-state index in [0.717, 1.165) is 26.7 Å². The summed E-state index contributed by atoms with van der Waals surface area (Å²) >= 11 is 16.2. The average Bonchev–Trinajstić information content (AvgIpc) is 3.51. The molecule has 2 fully saturated rings. The lowest BCUT2D eigenvalue weighted by Gasteiger charge is -2.40. The first-order valence-electron chi connectivity index (χ1n) is 11.6. The fourth-order valence-electron chi connectivity index (χ4n) is 6.24. The maximum absolute atomic E-state index is 13.2. The summed E-state index contributed by atoms with van der Waals surface area (Å²) in [6.07, 6.45) is 3.72. The molecule has 1 amide bonds. The van der Waals surface area contributed by atoms with Crippen molar-refractivity contribution in [2.24, 2.45) is 17.8 Å². The molecule has 176 valence electrons. The lowest BCUT2D eigenvalue weighted by Crippen LogP contribution is -2.35. The number of rotatable bonds is 4.